The molecule has 0 aliphatic rings. The van der Waals surface area contributed by atoms with Crippen molar-refractivity contribution in [1.82, 2.24) is 5.32 Å². The number of hydrogen-bond donors (Lipinski definition) is 1. The molecule has 0 fully saturated rings. The van der Waals surface area contributed by atoms with E-state index < -0.39 is 0 Å². The Hall–Kier alpha value is -2.69. The Balaban J connectivity index is 1.92. The van der Waals surface area contributed by atoms with Crippen molar-refractivity contribution in [3.8, 4) is 17.2 Å². The molecule has 0 atom stereocenters. The van der Waals surface area contributed by atoms with Gasteiger partial charge in [-0.05, 0) is 41.2 Å². The van der Waals surface area contributed by atoms with Crippen molar-refractivity contribution in [3.63, 3.8) is 0 Å². The van der Waals surface area contributed by atoms with Crippen LogP contribution in [0.1, 0.15) is 36.5 Å². The van der Waals surface area contributed by atoms with Crippen molar-refractivity contribution in [1.29, 1.82) is 0 Å². The lowest BCUT2D eigenvalue weighted by atomic mass is 10.0. The van der Waals surface area contributed by atoms with Gasteiger partial charge in [0.2, 0.25) is 11.7 Å². The van der Waals surface area contributed by atoms with Crippen molar-refractivity contribution in [2.75, 3.05) is 27.9 Å². The molecule has 2 aromatic rings. The predicted octanol–water partition coefficient (Wildman–Crippen LogP) is 3.74. The van der Waals surface area contributed by atoms with E-state index in [1.165, 1.54) is 11.1 Å². The third kappa shape index (κ3) is 5.64. The number of hydrogen-bond acceptors (Lipinski definition) is 4. The maximum absolute atomic E-state index is 12.3. The highest BCUT2D eigenvalue weighted by atomic mass is 16.5. The molecule has 1 amide bonds. The second-order valence-electron chi connectivity index (χ2n) is 6.71. The number of rotatable bonds is 9. The zero-order valence-corrected chi connectivity index (χ0v) is 16.8. The number of amides is 1. The normalized spacial score (nSPS) is 10.6. The van der Waals surface area contributed by atoms with Crippen LogP contribution in [0.5, 0.6) is 17.2 Å². The molecule has 2 rings (SSSR count). The van der Waals surface area contributed by atoms with E-state index in [4.69, 9.17) is 14.2 Å². The topological polar surface area (TPSA) is 56.8 Å². The van der Waals surface area contributed by atoms with E-state index >= 15 is 0 Å². The zero-order chi connectivity index (χ0) is 19.8. The minimum Gasteiger partial charge on any atom is -0.493 e. The van der Waals surface area contributed by atoms with Gasteiger partial charge in [0.1, 0.15) is 0 Å². The number of carbonyl (C=O) groups is 1. The monoisotopic (exact) mass is 371 g/mol. The smallest absolute Gasteiger partial charge is 0.224 e. The Labute approximate surface area is 161 Å². The van der Waals surface area contributed by atoms with Crippen LogP contribution in [0.2, 0.25) is 0 Å². The summed E-state index contributed by atoms with van der Waals surface area (Å²) >= 11 is 0. The van der Waals surface area contributed by atoms with E-state index in [0.717, 1.165) is 12.0 Å². The van der Waals surface area contributed by atoms with Gasteiger partial charge in [0, 0.05) is 6.54 Å². The Morgan fingerprint density at radius 1 is 0.926 bits per heavy atom. The largest absolute Gasteiger partial charge is 0.493 e. The van der Waals surface area contributed by atoms with Crippen molar-refractivity contribution < 1.29 is 19.0 Å². The van der Waals surface area contributed by atoms with Crippen LogP contribution >= 0.6 is 0 Å². The molecule has 0 spiro atoms. The summed E-state index contributed by atoms with van der Waals surface area (Å²) in [6, 6.07) is 12.1. The summed E-state index contributed by atoms with van der Waals surface area (Å²) in [7, 11) is 4.68. The molecule has 0 aliphatic heterocycles. The van der Waals surface area contributed by atoms with Crippen molar-refractivity contribution in [2.45, 2.75) is 32.6 Å². The molecule has 0 radical (unpaired) electrons. The molecule has 0 unspecified atom stereocenters. The summed E-state index contributed by atoms with van der Waals surface area (Å²) in [5.41, 5.74) is 3.35. The summed E-state index contributed by atoms with van der Waals surface area (Å²) < 4.78 is 16.0. The van der Waals surface area contributed by atoms with Gasteiger partial charge in [-0.2, -0.15) is 0 Å². The van der Waals surface area contributed by atoms with Crippen LogP contribution < -0.4 is 19.5 Å². The molecule has 2 aromatic carbocycles. The second kappa shape index (κ2) is 9.86. The summed E-state index contributed by atoms with van der Waals surface area (Å²) in [5, 5.41) is 2.97. The number of benzene rings is 2. The fourth-order valence-corrected chi connectivity index (χ4v) is 2.90. The Morgan fingerprint density at radius 2 is 1.52 bits per heavy atom. The van der Waals surface area contributed by atoms with Gasteiger partial charge < -0.3 is 19.5 Å². The van der Waals surface area contributed by atoms with Gasteiger partial charge >= 0.3 is 0 Å². The van der Waals surface area contributed by atoms with E-state index in [-0.39, 0.29) is 12.3 Å². The highest BCUT2D eigenvalue weighted by Gasteiger charge is 2.14. The lowest BCUT2D eigenvalue weighted by Gasteiger charge is -2.14. The van der Waals surface area contributed by atoms with Gasteiger partial charge in [-0.3, -0.25) is 4.79 Å². The predicted molar refractivity (Wildman–Crippen MR) is 107 cm³/mol. The summed E-state index contributed by atoms with van der Waals surface area (Å²) in [4.78, 5) is 12.3. The summed E-state index contributed by atoms with van der Waals surface area (Å²) in [6.07, 6.45) is 1.06. The van der Waals surface area contributed by atoms with Crippen LogP contribution in [0.15, 0.2) is 36.4 Å². The molecule has 5 nitrogen and oxygen atoms in total. The first-order valence-electron chi connectivity index (χ1n) is 9.12. The van der Waals surface area contributed by atoms with Gasteiger partial charge in [0.05, 0.1) is 27.8 Å². The number of methoxy groups -OCH3 is 3. The lowest BCUT2D eigenvalue weighted by Crippen LogP contribution is -2.27. The Kier molecular flexibility index (Phi) is 7.53. The van der Waals surface area contributed by atoms with E-state index in [1.54, 1.807) is 33.5 Å². The van der Waals surface area contributed by atoms with Crippen LogP contribution in [0.3, 0.4) is 0 Å². The minimum absolute atomic E-state index is 0.0388. The molecule has 0 saturated heterocycles. The Bertz CT molecular complexity index is 728. The van der Waals surface area contributed by atoms with E-state index in [9.17, 15) is 4.79 Å². The fourth-order valence-electron chi connectivity index (χ4n) is 2.90. The highest BCUT2D eigenvalue weighted by molar-refractivity contribution is 5.79. The SMILES string of the molecule is COc1cc(CC(=O)NCCc2ccc(C(C)C)cc2)cc(OC)c1OC. The van der Waals surface area contributed by atoms with Crippen LogP contribution in [-0.2, 0) is 17.6 Å². The number of nitrogens with one attached hydrogen (secondary N) is 1. The average Bonchev–Trinajstić information content (AvgIpc) is 2.67. The molecule has 27 heavy (non-hydrogen) atoms. The maximum Gasteiger partial charge on any atom is 0.224 e. The molecule has 0 aromatic heterocycles. The molecule has 0 bridgehead atoms. The van der Waals surface area contributed by atoms with Crippen LogP contribution in [-0.4, -0.2) is 33.8 Å². The van der Waals surface area contributed by atoms with Gasteiger partial charge in [-0.25, -0.2) is 0 Å². The summed E-state index contributed by atoms with van der Waals surface area (Å²) in [5.74, 6) is 2.10. The molecule has 0 aliphatic carbocycles. The third-order valence-corrected chi connectivity index (χ3v) is 4.47. The molecule has 0 heterocycles. The average molecular weight is 371 g/mol. The van der Waals surface area contributed by atoms with Gasteiger partial charge in [-0.15, -0.1) is 0 Å². The maximum atomic E-state index is 12.3. The van der Waals surface area contributed by atoms with E-state index in [1.807, 2.05) is 0 Å². The number of ether oxygens (including phenoxy) is 3. The lowest BCUT2D eigenvalue weighted by molar-refractivity contribution is -0.120. The van der Waals surface area contributed by atoms with Gasteiger partial charge in [-0.1, -0.05) is 38.1 Å². The third-order valence-electron chi connectivity index (χ3n) is 4.47. The molecule has 146 valence electrons. The zero-order valence-electron chi connectivity index (χ0n) is 16.8. The molecule has 5 heteroatoms. The quantitative estimate of drug-likeness (QED) is 0.730. The van der Waals surface area contributed by atoms with Crippen molar-refractivity contribution in [3.05, 3.63) is 53.1 Å². The standard InChI is InChI=1S/C22H29NO4/c1-15(2)18-8-6-16(7-9-18)10-11-23-21(24)14-17-12-19(25-3)22(27-5)20(13-17)26-4/h6-9,12-13,15H,10-11,14H2,1-5H3,(H,23,24). The van der Waals surface area contributed by atoms with E-state index in [2.05, 4.69) is 43.4 Å². The molecular formula is C22H29NO4. The number of carbonyl (C=O) groups excluding carboxylic acids is 1. The first kappa shape index (κ1) is 20.6. The Morgan fingerprint density at radius 3 is 2.00 bits per heavy atom. The first-order chi connectivity index (χ1) is 13.0. The molecule has 0 saturated carbocycles. The van der Waals surface area contributed by atoms with Gasteiger partial charge in [0.25, 0.3) is 0 Å². The summed E-state index contributed by atoms with van der Waals surface area (Å²) in [6.45, 7) is 4.96. The van der Waals surface area contributed by atoms with Crippen LogP contribution in [0, 0.1) is 0 Å². The molecule has 1 N–H and O–H groups in total. The van der Waals surface area contributed by atoms with E-state index in [0.29, 0.717) is 29.7 Å². The highest BCUT2D eigenvalue weighted by Crippen LogP contribution is 2.38. The van der Waals surface area contributed by atoms with Crippen LogP contribution in [0.25, 0.3) is 0 Å². The second-order valence-corrected chi connectivity index (χ2v) is 6.71. The van der Waals surface area contributed by atoms with Crippen molar-refractivity contribution in [2.24, 2.45) is 0 Å². The first-order valence-corrected chi connectivity index (χ1v) is 9.12. The van der Waals surface area contributed by atoms with Crippen molar-refractivity contribution >= 4 is 5.91 Å². The van der Waals surface area contributed by atoms with Gasteiger partial charge in [0.15, 0.2) is 11.5 Å². The van der Waals surface area contributed by atoms with Crippen LogP contribution in [0.4, 0.5) is 0 Å². The fraction of sp³-hybridized carbons (Fsp3) is 0.409. The molecular weight excluding hydrogens is 342 g/mol. The minimum atomic E-state index is -0.0388.